The molecule has 2 atom stereocenters. The van der Waals surface area contributed by atoms with Gasteiger partial charge in [0.1, 0.15) is 11.5 Å². The van der Waals surface area contributed by atoms with Crippen molar-refractivity contribution in [2.75, 3.05) is 25.7 Å². The van der Waals surface area contributed by atoms with Crippen LogP contribution in [0.2, 0.25) is 0 Å². The first-order valence-electron chi connectivity index (χ1n) is 11.5. The van der Waals surface area contributed by atoms with Crippen LogP contribution in [0, 0.1) is 0 Å². The third kappa shape index (κ3) is 2.84. The molecule has 0 aliphatic carbocycles. The molecule has 0 bridgehead atoms. The van der Waals surface area contributed by atoms with Gasteiger partial charge in [-0.3, -0.25) is 4.79 Å². The zero-order chi connectivity index (χ0) is 24.3. The highest BCUT2D eigenvalue weighted by atomic mass is 16.5. The van der Waals surface area contributed by atoms with Gasteiger partial charge in [-0.2, -0.15) is 0 Å². The summed E-state index contributed by atoms with van der Waals surface area (Å²) >= 11 is 0. The SMILES string of the molecule is COc1cccc(N2C(=O)N3C[C@@H](c4ccccc4OC)c4c([nH]c5ccccc45)[C@@]3(C)C2=O)c1. The first-order valence-corrected chi connectivity index (χ1v) is 11.5. The minimum atomic E-state index is -1.17. The molecule has 35 heavy (non-hydrogen) atoms. The van der Waals surface area contributed by atoms with Gasteiger partial charge in [-0.15, -0.1) is 0 Å². The summed E-state index contributed by atoms with van der Waals surface area (Å²) in [7, 11) is 3.21. The number of aromatic nitrogens is 1. The van der Waals surface area contributed by atoms with Gasteiger partial charge in [-0.25, -0.2) is 9.69 Å². The number of ether oxygens (including phenoxy) is 2. The predicted octanol–water partition coefficient (Wildman–Crippen LogP) is 5.01. The fourth-order valence-corrected chi connectivity index (χ4v) is 5.60. The number of amides is 3. The number of imide groups is 1. The van der Waals surface area contributed by atoms with Crippen LogP contribution in [0.1, 0.15) is 29.7 Å². The van der Waals surface area contributed by atoms with Gasteiger partial charge in [0.15, 0.2) is 5.54 Å². The second-order valence-corrected chi connectivity index (χ2v) is 9.06. The molecule has 3 amide bonds. The smallest absolute Gasteiger partial charge is 0.332 e. The van der Waals surface area contributed by atoms with Gasteiger partial charge in [-0.05, 0) is 36.8 Å². The van der Waals surface area contributed by atoms with Crippen LogP contribution in [0.3, 0.4) is 0 Å². The summed E-state index contributed by atoms with van der Waals surface area (Å²) in [5.74, 6) is 0.866. The largest absolute Gasteiger partial charge is 0.497 e. The number of rotatable bonds is 4. The molecule has 7 nitrogen and oxygen atoms in total. The number of carbonyl (C=O) groups is 2. The van der Waals surface area contributed by atoms with Crippen molar-refractivity contribution in [3.63, 3.8) is 0 Å². The molecule has 3 aromatic carbocycles. The summed E-state index contributed by atoms with van der Waals surface area (Å²) in [4.78, 5) is 34.4. The van der Waals surface area contributed by atoms with Gasteiger partial charge >= 0.3 is 6.03 Å². The molecule has 1 N–H and O–H groups in total. The topological polar surface area (TPSA) is 74.9 Å². The molecule has 1 fully saturated rings. The van der Waals surface area contributed by atoms with Crippen LogP contribution in [0.25, 0.3) is 10.9 Å². The Bertz CT molecular complexity index is 1490. The van der Waals surface area contributed by atoms with Crippen molar-refractivity contribution in [2.45, 2.75) is 18.4 Å². The molecule has 176 valence electrons. The summed E-state index contributed by atoms with van der Waals surface area (Å²) < 4.78 is 11.0. The van der Waals surface area contributed by atoms with Crippen molar-refractivity contribution < 1.29 is 19.1 Å². The lowest BCUT2D eigenvalue weighted by molar-refractivity contribution is -0.125. The molecule has 4 aromatic rings. The number of urea groups is 1. The molecule has 0 unspecified atom stereocenters. The Morgan fingerprint density at radius 3 is 2.51 bits per heavy atom. The van der Waals surface area contributed by atoms with Crippen LogP contribution in [0.4, 0.5) is 10.5 Å². The molecule has 0 saturated carbocycles. The molecule has 1 saturated heterocycles. The van der Waals surface area contributed by atoms with E-state index in [4.69, 9.17) is 9.47 Å². The van der Waals surface area contributed by atoms with E-state index in [1.165, 1.54) is 4.90 Å². The second kappa shape index (κ2) is 7.63. The van der Waals surface area contributed by atoms with Gasteiger partial charge < -0.3 is 19.4 Å². The fraction of sp³-hybridized carbons (Fsp3) is 0.214. The average molecular weight is 468 g/mol. The van der Waals surface area contributed by atoms with E-state index >= 15 is 0 Å². The van der Waals surface area contributed by atoms with Crippen LogP contribution < -0.4 is 14.4 Å². The minimum absolute atomic E-state index is 0.174. The molecule has 6 rings (SSSR count). The van der Waals surface area contributed by atoms with E-state index in [1.807, 2.05) is 49.4 Å². The van der Waals surface area contributed by atoms with Crippen molar-refractivity contribution in [3.8, 4) is 11.5 Å². The lowest BCUT2D eigenvalue weighted by atomic mass is 9.78. The normalized spacial score (nSPS) is 21.3. The van der Waals surface area contributed by atoms with Gasteiger partial charge in [0.2, 0.25) is 0 Å². The lowest BCUT2D eigenvalue weighted by Crippen LogP contribution is -2.50. The Labute approximate surface area is 202 Å². The molecule has 7 heteroatoms. The Hall–Kier alpha value is -4.26. The first-order chi connectivity index (χ1) is 17.0. The van der Waals surface area contributed by atoms with E-state index in [2.05, 4.69) is 11.1 Å². The van der Waals surface area contributed by atoms with E-state index in [1.54, 1.807) is 43.4 Å². The standard InChI is InChI=1S/C28H25N3O4/c1-28-25-24(20-12-4-6-13-22(20)29-25)21(19-11-5-7-14-23(19)35-3)16-30(28)27(33)31(26(28)32)17-9-8-10-18(15-17)34-2/h4-15,21,29H,16H2,1-3H3/t21-,28-/m0/s1. The second-order valence-electron chi connectivity index (χ2n) is 9.06. The number of hydrogen-bond acceptors (Lipinski definition) is 4. The fourth-order valence-electron chi connectivity index (χ4n) is 5.60. The van der Waals surface area contributed by atoms with Crippen molar-refractivity contribution in [3.05, 3.63) is 89.6 Å². The summed E-state index contributed by atoms with van der Waals surface area (Å²) in [6.45, 7) is 2.18. The molecule has 0 radical (unpaired) electrons. The molecule has 3 heterocycles. The maximum absolute atomic E-state index is 14.1. The Kier molecular flexibility index (Phi) is 4.64. The van der Waals surface area contributed by atoms with Gasteiger partial charge in [-0.1, -0.05) is 42.5 Å². The van der Waals surface area contributed by atoms with Crippen molar-refractivity contribution in [1.82, 2.24) is 9.88 Å². The number of aromatic amines is 1. The maximum Gasteiger partial charge on any atom is 0.332 e. The van der Waals surface area contributed by atoms with E-state index in [0.29, 0.717) is 18.0 Å². The number of nitrogens with zero attached hydrogens (tertiary/aromatic N) is 2. The number of nitrogens with one attached hydrogen (secondary N) is 1. The third-order valence-electron chi connectivity index (χ3n) is 7.35. The highest BCUT2D eigenvalue weighted by molar-refractivity contribution is 6.23. The van der Waals surface area contributed by atoms with Crippen LogP contribution in [-0.4, -0.2) is 42.6 Å². The lowest BCUT2D eigenvalue weighted by Gasteiger charge is -2.40. The quantitative estimate of drug-likeness (QED) is 0.428. The van der Waals surface area contributed by atoms with E-state index in [-0.39, 0.29) is 17.9 Å². The monoisotopic (exact) mass is 467 g/mol. The number of anilines is 1. The number of H-pyrrole nitrogens is 1. The molecular formula is C28H25N3O4. The van der Waals surface area contributed by atoms with E-state index < -0.39 is 5.54 Å². The van der Waals surface area contributed by atoms with Crippen molar-refractivity contribution >= 4 is 28.5 Å². The van der Waals surface area contributed by atoms with Gasteiger partial charge in [0.25, 0.3) is 5.91 Å². The highest BCUT2D eigenvalue weighted by Gasteiger charge is 2.60. The zero-order valence-electron chi connectivity index (χ0n) is 19.7. The van der Waals surface area contributed by atoms with Gasteiger partial charge in [0.05, 0.1) is 25.6 Å². The first kappa shape index (κ1) is 21.3. The predicted molar refractivity (Wildman–Crippen MR) is 133 cm³/mol. The molecular weight excluding hydrogens is 442 g/mol. The summed E-state index contributed by atoms with van der Waals surface area (Å²) in [5, 5.41) is 1.04. The van der Waals surface area contributed by atoms with Crippen LogP contribution in [0.15, 0.2) is 72.8 Å². The number of hydrogen-bond donors (Lipinski definition) is 1. The number of para-hydroxylation sites is 2. The average Bonchev–Trinajstić information content (AvgIpc) is 3.38. The Morgan fingerprint density at radius 2 is 1.71 bits per heavy atom. The maximum atomic E-state index is 14.1. The van der Waals surface area contributed by atoms with Crippen LogP contribution in [0.5, 0.6) is 11.5 Å². The summed E-state index contributed by atoms with van der Waals surface area (Å²) in [6.07, 6.45) is 0. The minimum Gasteiger partial charge on any atom is -0.497 e. The van der Waals surface area contributed by atoms with E-state index in [0.717, 1.165) is 33.5 Å². The number of benzene rings is 3. The molecule has 0 spiro atoms. The highest BCUT2D eigenvalue weighted by Crippen LogP contribution is 2.51. The van der Waals surface area contributed by atoms with Gasteiger partial charge in [0, 0.05) is 35.0 Å². The summed E-state index contributed by atoms with van der Waals surface area (Å²) in [5.41, 5.74) is 2.99. The molecule has 2 aliphatic rings. The Balaban J connectivity index is 1.59. The molecule has 2 aliphatic heterocycles. The summed E-state index contributed by atoms with van der Waals surface area (Å²) in [6, 6.07) is 22.6. The number of methoxy groups -OCH3 is 2. The number of carbonyl (C=O) groups excluding carboxylic acids is 2. The van der Waals surface area contributed by atoms with Crippen LogP contribution in [-0.2, 0) is 10.3 Å². The van der Waals surface area contributed by atoms with Crippen molar-refractivity contribution in [2.24, 2.45) is 0 Å². The molecule has 1 aromatic heterocycles. The Morgan fingerprint density at radius 1 is 0.943 bits per heavy atom. The van der Waals surface area contributed by atoms with Crippen molar-refractivity contribution in [1.29, 1.82) is 0 Å². The zero-order valence-corrected chi connectivity index (χ0v) is 19.7. The van der Waals surface area contributed by atoms with E-state index in [9.17, 15) is 9.59 Å². The third-order valence-corrected chi connectivity index (χ3v) is 7.35. The van der Waals surface area contributed by atoms with Crippen LogP contribution >= 0.6 is 0 Å². The number of fused-ring (bicyclic) bond motifs is 5.